The van der Waals surface area contributed by atoms with Gasteiger partial charge in [-0.05, 0) is 27.2 Å². The number of carboxylic acid groups (broad SMARTS) is 1. The summed E-state index contributed by atoms with van der Waals surface area (Å²) >= 11 is 0. The molecule has 100 valence electrons. The van der Waals surface area contributed by atoms with Crippen LogP contribution in [-0.4, -0.2) is 28.7 Å². The van der Waals surface area contributed by atoms with Crippen molar-refractivity contribution in [2.24, 2.45) is 0 Å². The zero-order chi connectivity index (χ0) is 13.5. The van der Waals surface area contributed by atoms with Crippen molar-refractivity contribution >= 4 is 12.0 Å². The van der Waals surface area contributed by atoms with Gasteiger partial charge in [0.25, 0.3) is 0 Å². The van der Waals surface area contributed by atoms with Gasteiger partial charge in [0.05, 0.1) is 6.42 Å². The van der Waals surface area contributed by atoms with Crippen molar-refractivity contribution in [3.63, 3.8) is 0 Å². The summed E-state index contributed by atoms with van der Waals surface area (Å²) < 4.78 is 0. The van der Waals surface area contributed by atoms with Gasteiger partial charge in [-0.1, -0.05) is 19.8 Å². The lowest BCUT2D eigenvalue weighted by atomic mass is 10.0. The first kappa shape index (κ1) is 15.7. The zero-order valence-electron chi connectivity index (χ0n) is 11.2. The topological polar surface area (TPSA) is 78.4 Å². The van der Waals surface area contributed by atoms with E-state index in [0.717, 1.165) is 19.3 Å². The van der Waals surface area contributed by atoms with Gasteiger partial charge < -0.3 is 15.7 Å². The van der Waals surface area contributed by atoms with E-state index in [0.29, 0.717) is 0 Å². The maximum atomic E-state index is 11.6. The van der Waals surface area contributed by atoms with Gasteiger partial charge >= 0.3 is 12.0 Å². The molecule has 0 rings (SSSR count). The average molecular weight is 244 g/mol. The molecule has 0 bridgehead atoms. The summed E-state index contributed by atoms with van der Waals surface area (Å²) in [7, 11) is 0. The van der Waals surface area contributed by atoms with Crippen LogP contribution in [0.3, 0.4) is 0 Å². The van der Waals surface area contributed by atoms with E-state index in [9.17, 15) is 9.59 Å². The third-order valence-electron chi connectivity index (χ3n) is 2.41. The van der Waals surface area contributed by atoms with E-state index < -0.39 is 11.5 Å². The Morgan fingerprint density at radius 3 is 2.41 bits per heavy atom. The quantitative estimate of drug-likeness (QED) is 0.642. The van der Waals surface area contributed by atoms with E-state index >= 15 is 0 Å². The van der Waals surface area contributed by atoms with Gasteiger partial charge in [0.1, 0.15) is 0 Å². The Hall–Kier alpha value is -1.26. The van der Waals surface area contributed by atoms with Crippen LogP contribution >= 0.6 is 0 Å². The molecule has 2 amide bonds. The summed E-state index contributed by atoms with van der Waals surface area (Å²) in [6, 6.07) is -0.199. The van der Waals surface area contributed by atoms with Crippen LogP contribution in [0, 0.1) is 0 Å². The van der Waals surface area contributed by atoms with Crippen molar-refractivity contribution in [2.75, 3.05) is 0 Å². The highest BCUT2D eigenvalue weighted by molar-refractivity contribution is 5.76. The maximum Gasteiger partial charge on any atom is 0.315 e. The molecule has 0 aliphatic rings. The summed E-state index contributed by atoms with van der Waals surface area (Å²) in [6.07, 6.45) is 3.01. The van der Waals surface area contributed by atoms with Crippen LogP contribution in [-0.2, 0) is 4.79 Å². The van der Waals surface area contributed by atoms with Crippen LogP contribution in [0.15, 0.2) is 0 Å². The molecular weight excluding hydrogens is 220 g/mol. The Morgan fingerprint density at radius 1 is 1.35 bits per heavy atom. The molecule has 0 saturated carbocycles. The number of rotatable bonds is 7. The van der Waals surface area contributed by atoms with Crippen molar-refractivity contribution in [2.45, 2.75) is 65.0 Å². The molecule has 0 aromatic carbocycles. The number of hydrogen-bond acceptors (Lipinski definition) is 2. The van der Waals surface area contributed by atoms with Gasteiger partial charge in [-0.25, -0.2) is 4.79 Å². The Labute approximate surface area is 103 Å². The summed E-state index contributed by atoms with van der Waals surface area (Å²) in [5, 5.41) is 14.2. The number of aliphatic carboxylic acids is 1. The first-order valence-electron chi connectivity index (χ1n) is 6.07. The SMILES string of the molecule is CCCCC(C)NC(=O)NC(C)(C)CC(=O)O. The maximum absolute atomic E-state index is 11.6. The molecule has 0 spiro atoms. The van der Waals surface area contributed by atoms with E-state index in [4.69, 9.17) is 5.11 Å². The predicted octanol–water partition coefficient (Wildman–Crippen LogP) is 2.12. The lowest BCUT2D eigenvalue weighted by Crippen LogP contribution is -2.51. The molecule has 0 aliphatic carbocycles. The molecule has 0 saturated heterocycles. The lowest BCUT2D eigenvalue weighted by molar-refractivity contribution is -0.138. The largest absolute Gasteiger partial charge is 0.481 e. The van der Waals surface area contributed by atoms with Crippen LogP contribution in [0.4, 0.5) is 4.79 Å². The summed E-state index contributed by atoms with van der Waals surface area (Å²) in [6.45, 7) is 7.43. The van der Waals surface area contributed by atoms with Gasteiger partial charge in [-0.2, -0.15) is 0 Å². The molecule has 1 unspecified atom stereocenters. The highest BCUT2D eigenvalue weighted by Gasteiger charge is 2.24. The Morgan fingerprint density at radius 2 is 1.94 bits per heavy atom. The van der Waals surface area contributed by atoms with Crippen molar-refractivity contribution in [3.05, 3.63) is 0 Å². The van der Waals surface area contributed by atoms with Crippen molar-refractivity contribution in [1.82, 2.24) is 10.6 Å². The molecular formula is C12H24N2O3. The highest BCUT2D eigenvalue weighted by Crippen LogP contribution is 2.08. The summed E-state index contributed by atoms with van der Waals surface area (Å²) in [5.41, 5.74) is -0.736. The molecule has 3 N–H and O–H groups in total. The normalized spacial score (nSPS) is 12.9. The smallest absolute Gasteiger partial charge is 0.315 e. The van der Waals surface area contributed by atoms with Gasteiger partial charge in [0.15, 0.2) is 0 Å². The first-order valence-corrected chi connectivity index (χ1v) is 6.07. The number of carbonyl (C=O) groups excluding carboxylic acids is 1. The second-order valence-corrected chi connectivity index (χ2v) is 5.10. The first-order chi connectivity index (χ1) is 7.76. The molecule has 0 aromatic heterocycles. The minimum atomic E-state index is -0.922. The van der Waals surface area contributed by atoms with Crippen molar-refractivity contribution in [3.8, 4) is 0 Å². The van der Waals surface area contributed by atoms with Gasteiger partial charge in [0.2, 0.25) is 0 Å². The molecule has 5 heteroatoms. The average Bonchev–Trinajstić information content (AvgIpc) is 2.10. The standard InChI is InChI=1S/C12H24N2O3/c1-5-6-7-9(2)13-11(17)14-12(3,4)8-10(15)16/h9H,5-8H2,1-4H3,(H,15,16)(H2,13,14,17). The molecule has 17 heavy (non-hydrogen) atoms. The van der Waals surface area contributed by atoms with Gasteiger partial charge in [0, 0.05) is 11.6 Å². The number of carboxylic acids is 1. The van der Waals surface area contributed by atoms with E-state index in [-0.39, 0.29) is 18.5 Å². The molecule has 0 radical (unpaired) electrons. The number of hydrogen-bond donors (Lipinski definition) is 3. The minimum Gasteiger partial charge on any atom is -0.481 e. The molecule has 0 fully saturated rings. The molecule has 5 nitrogen and oxygen atoms in total. The predicted molar refractivity (Wildman–Crippen MR) is 67.0 cm³/mol. The summed E-state index contributed by atoms with van der Waals surface area (Å²) in [4.78, 5) is 22.2. The van der Waals surface area contributed by atoms with Crippen LogP contribution in [0.1, 0.15) is 53.4 Å². The Kier molecular flexibility index (Phi) is 6.61. The van der Waals surface area contributed by atoms with E-state index in [1.807, 2.05) is 6.92 Å². The van der Waals surface area contributed by atoms with Crippen molar-refractivity contribution in [1.29, 1.82) is 0 Å². The van der Waals surface area contributed by atoms with E-state index in [1.54, 1.807) is 13.8 Å². The monoisotopic (exact) mass is 244 g/mol. The third kappa shape index (κ3) is 8.54. The number of carbonyl (C=O) groups is 2. The molecule has 1 atom stereocenters. The number of amides is 2. The molecule has 0 aliphatic heterocycles. The highest BCUT2D eigenvalue weighted by atomic mass is 16.4. The van der Waals surface area contributed by atoms with Crippen LogP contribution < -0.4 is 10.6 Å². The number of unbranched alkanes of at least 4 members (excludes halogenated alkanes) is 1. The van der Waals surface area contributed by atoms with Crippen LogP contribution in [0.25, 0.3) is 0 Å². The molecule has 0 heterocycles. The van der Waals surface area contributed by atoms with E-state index in [2.05, 4.69) is 17.6 Å². The van der Waals surface area contributed by atoms with Crippen LogP contribution in [0.2, 0.25) is 0 Å². The van der Waals surface area contributed by atoms with Gasteiger partial charge in [-0.3, -0.25) is 4.79 Å². The zero-order valence-corrected chi connectivity index (χ0v) is 11.2. The number of urea groups is 1. The van der Waals surface area contributed by atoms with Crippen LogP contribution in [0.5, 0.6) is 0 Å². The summed E-state index contributed by atoms with van der Waals surface area (Å²) in [5.74, 6) is -0.922. The molecule has 0 aromatic rings. The third-order valence-corrected chi connectivity index (χ3v) is 2.41. The Bertz CT molecular complexity index is 264. The number of nitrogens with one attached hydrogen (secondary N) is 2. The van der Waals surface area contributed by atoms with Crippen molar-refractivity contribution < 1.29 is 14.7 Å². The second kappa shape index (κ2) is 7.14. The minimum absolute atomic E-state index is 0.0935. The lowest BCUT2D eigenvalue weighted by Gasteiger charge is -2.25. The Balaban J connectivity index is 4.03. The fourth-order valence-corrected chi connectivity index (χ4v) is 1.57. The fourth-order valence-electron chi connectivity index (χ4n) is 1.57. The fraction of sp³-hybridized carbons (Fsp3) is 0.833. The van der Waals surface area contributed by atoms with Gasteiger partial charge in [-0.15, -0.1) is 0 Å². The second-order valence-electron chi connectivity index (χ2n) is 5.10. The van der Waals surface area contributed by atoms with E-state index in [1.165, 1.54) is 0 Å².